The van der Waals surface area contributed by atoms with E-state index in [1.54, 1.807) is 12.1 Å². The second-order valence-electron chi connectivity index (χ2n) is 2.64. The van der Waals surface area contributed by atoms with Gasteiger partial charge in [0.25, 0.3) is 0 Å². The molecule has 0 amide bonds. The summed E-state index contributed by atoms with van der Waals surface area (Å²) >= 11 is 0. The van der Waals surface area contributed by atoms with Crippen LogP contribution in [-0.4, -0.2) is 13.4 Å². The van der Waals surface area contributed by atoms with E-state index in [-0.39, 0.29) is 28.5 Å². The second kappa shape index (κ2) is 6.54. The first-order valence-corrected chi connectivity index (χ1v) is 4.04. The molecule has 0 saturated carbocycles. The maximum Gasteiger partial charge on any atom is 0.165 e. The van der Waals surface area contributed by atoms with Gasteiger partial charge in [-0.15, -0.1) is 17.0 Å². The van der Waals surface area contributed by atoms with Gasteiger partial charge in [0.1, 0.15) is 6.29 Å². The Hall–Kier alpha value is -0.900. The summed E-state index contributed by atoms with van der Waals surface area (Å²) in [6.45, 7) is 0. The SMILES string of the molecule is Br.COc1c(F)cccc1CCC=O. The summed E-state index contributed by atoms with van der Waals surface area (Å²) in [6, 6.07) is 4.70. The van der Waals surface area contributed by atoms with E-state index in [0.29, 0.717) is 12.8 Å². The van der Waals surface area contributed by atoms with Crippen molar-refractivity contribution in [2.45, 2.75) is 12.8 Å². The number of rotatable bonds is 4. The van der Waals surface area contributed by atoms with Crippen LogP contribution in [0.25, 0.3) is 0 Å². The van der Waals surface area contributed by atoms with Gasteiger partial charge < -0.3 is 9.53 Å². The molecule has 0 aliphatic carbocycles. The number of aryl methyl sites for hydroxylation is 1. The zero-order chi connectivity index (χ0) is 9.68. The lowest BCUT2D eigenvalue weighted by molar-refractivity contribution is -0.107. The zero-order valence-electron chi connectivity index (χ0n) is 7.83. The molecular formula is C10H12BrFO2. The number of methoxy groups -OCH3 is 1. The lowest BCUT2D eigenvalue weighted by atomic mass is 10.1. The lowest BCUT2D eigenvalue weighted by Crippen LogP contribution is -1.95. The van der Waals surface area contributed by atoms with E-state index in [1.807, 2.05) is 0 Å². The molecule has 0 aliphatic heterocycles. The van der Waals surface area contributed by atoms with Crippen LogP contribution in [0.5, 0.6) is 5.75 Å². The Morgan fingerprint density at radius 3 is 2.79 bits per heavy atom. The van der Waals surface area contributed by atoms with E-state index in [2.05, 4.69) is 0 Å². The van der Waals surface area contributed by atoms with E-state index < -0.39 is 0 Å². The van der Waals surface area contributed by atoms with Crippen LogP contribution < -0.4 is 4.74 Å². The van der Waals surface area contributed by atoms with Crippen LogP contribution in [-0.2, 0) is 11.2 Å². The molecule has 2 nitrogen and oxygen atoms in total. The number of carbonyl (C=O) groups is 1. The molecule has 0 atom stereocenters. The van der Waals surface area contributed by atoms with Gasteiger partial charge in [-0.25, -0.2) is 4.39 Å². The lowest BCUT2D eigenvalue weighted by Gasteiger charge is -2.07. The minimum atomic E-state index is -0.383. The normalized spacial score (nSPS) is 9.00. The molecule has 0 unspecified atom stereocenters. The van der Waals surface area contributed by atoms with Crippen LogP contribution in [0.3, 0.4) is 0 Å². The summed E-state index contributed by atoms with van der Waals surface area (Å²) in [5.74, 6) is -0.143. The van der Waals surface area contributed by atoms with Gasteiger partial charge in [0.2, 0.25) is 0 Å². The Morgan fingerprint density at radius 2 is 2.21 bits per heavy atom. The molecule has 14 heavy (non-hydrogen) atoms. The Bertz CT molecular complexity index is 302. The molecule has 0 N–H and O–H groups in total. The van der Waals surface area contributed by atoms with Crippen molar-refractivity contribution >= 4 is 23.3 Å². The Kier molecular flexibility index (Phi) is 6.12. The molecule has 0 fully saturated rings. The molecule has 0 spiro atoms. The predicted octanol–water partition coefficient (Wildman–Crippen LogP) is 2.54. The van der Waals surface area contributed by atoms with Crippen LogP contribution >= 0.6 is 17.0 Å². The van der Waals surface area contributed by atoms with Crippen molar-refractivity contribution in [3.63, 3.8) is 0 Å². The van der Waals surface area contributed by atoms with Gasteiger partial charge in [-0.05, 0) is 18.1 Å². The number of hydrogen-bond acceptors (Lipinski definition) is 2. The molecule has 0 saturated heterocycles. The van der Waals surface area contributed by atoms with Crippen LogP contribution in [0.4, 0.5) is 4.39 Å². The van der Waals surface area contributed by atoms with Gasteiger partial charge >= 0.3 is 0 Å². The number of benzene rings is 1. The fraction of sp³-hybridized carbons (Fsp3) is 0.300. The van der Waals surface area contributed by atoms with Crippen molar-refractivity contribution in [2.24, 2.45) is 0 Å². The van der Waals surface area contributed by atoms with Gasteiger partial charge in [-0.3, -0.25) is 0 Å². The summed E-state index contributed by atoms with van der Waals surface area (Å²) < 4.78 is 17.9. The summed E-state index contributed by atoms with van der Waals surface area (Å²) in [5.41, 5.74) is 0.731. The molecule has 4 heteroatoms. The number of carbonyl (C=O) groups excluding carboxylic acids is 1. The van der Waals surface area contributed by atoms with Gasteiger partial charge in [0, 0.05) is 6.42 Å². The predicted molar refractivity (Wildman–Crippen MR) is 57.7 cm³/mol. The molecule has 0 heterocycles. The maximum atomic E-state index is 13.1. The highest BCUT2D eigenvalue weighted by atomic mass is 79.9. The van der Waals surface area contributed by atoms with E-state index in [1.165, 1.54) is 13.2 Å². The summed E-state index contributed by atoms with van der Waals surface area (Å²) in [6.07, 6.45) is 1.72. The van der Waals surface area contributed by atoms with Crippen LogP contribution in [0, 0.1) is 5.82 Å². The zero-order valence-corrected chi connectivity index (χ0v) is 9.54. The highest BCUT2D eigenvalue weighted by molar-refractivity contribution is 8.93. The monoisotopic (exact) mass is 262 g/mol. The Balaban J connectivity index is 0.00000169. The smallest absolute Gasteiger partial charge is 0.165 e. The van der Waals surface area contributed by atoms with E-state index in [4.69, 9.17) is 4.74 Å². The summed E-state index contributed by atoms with van der Waals surface area (Å²) in [5, 5.41) is 0. The molecule has 78 valence electrons. The third-order valence-electron chi connectivity index (χ3n) is 1.78. The topological polar surface area (TPSA) is 26.3 Å². The first-order chi connectivity index (χ1) is 6.29. The molecular weight excluding hydrogens is 251 g/mol. The molecule has 1 aromatic carbocycles. The van der Waals surface area contributed by atoms with E-state index in [0.717, 1.165) is 11.8 Å². The van der Waals surface area contributed by atoms with Crippen LogP contribution in [0.1, 0.15) is 12.0 Å². The van der Waals surface area contributed by atoms with Gasteiger partial charge in [0.05, 0.1) is 7.11 Å². The number of para-hydroxylation sites is 1. The minimum absolute atomic E-state index is 0. The number of hydrogen-bond donors (Lipinski definition) is 0. The van der Waals surface area contributed by atoms with Crippen molar-refractivity contribution in [1.29, 1.82) is 0 Å². The fourth-order valence-corrected chi connectivity index (χ4v) is 1.19. The first kappa shape index (κ1) is 13.1. The van der Waals surface area contributed by atoms with Gasteiger partial charge in [-0.2, -0.15) is 0 Å². The molecule has 0 aliphatic rings. The number of aldehydes is 1. The van der Waals surface area contributed by atoms with E-state index in [9.17, 15) is 9.18 Å². The van der Waals surface area contributed by atoms with Gasteiger partial charge in [0.15, 0.2) is 11.6 Å². The Labute approximate surface area is 92.8 Å². The Morgan fingerprint density at radius 1 is 1.50 bits per heavy atom. The third kappa shape index (κ3) is 3.10. The molecule has 0 radical (unpaired) electrons. The largest absolute Gasteiger partial charge is 0.493 e. The highest BCUT2D eigenvalue weighted by Gasteiger charge is 2.07. The van der Waals surface area contributed by atoms with Crippen molar-refractivity contribution < 1.29 is 13.9 Å². The van der Waals surface area contributed by atoms with Crippen molar-refractivity contribution in [3.05, 3.63) is 29.6 Å². The first-order valence-electron chi connectivity index (χ1n) is 4.04. The molecule has 1 aromatic rings. The summed E-state index contributed by atoms with van der Waals surface area (Å²) in [4.78, 5) is 10.1. The quantitative estimate of drug-likeness (QED) is 0.780. The minimum Gasteiger partial charge on any atom is -0.493 e. The van der Waals surface area contributed by atoms with E-state index >= 15 is 0 Å². The number of ether oxygens (including phenoxy) is 1. The summed E-state index contributed by atoms with van der Waals surface area (Å²) in [7, 11) is 1.42. The fourth-order valence-electron chi connectivity index (χ4n) is 1.19. The maximum absolute atomic E-state index is 13.1. The van der Waals surface area contributed by atoms with Crippen molar-refractivity contribution in [2.75, 3.05) is 7.11 Å². The van der Waals surface area contributed by atoms with Crippen LogP contribution in [0.15, 0.2) is 18.2 Å². The molecule has 0 bridgehead atoms. The van der Waals surface area contributed by atoms with Crippen molar-refractivity contribution in [3.8, 4) is 5.75 Å². The number of halogens is 2. The molecule has 0 aromatic heterocycles. The standard InChI is InChI=1S/C10H11FO2.BrH/c1-13-10-8(5-3-7-12)4-2-6-9(10)11;/h2,4,6-7H,3,5H2,1H3;1H. The second-order valence-corrected chi connectivity index (χ2v) is 2.64. The molecule has 1 rings (SSSR count). The van der Waals surface area contributed by atoms with Crippen LogP contribution in [0.2, 0.25) is 0 Å². The van der Waals surface area contributed by atoms with Gasteiger partial charge in [-0.1, -0.05) is 12.1 Å². The average Bonchev–Trinajstić information content (AvgIpc) is 2.15. The highest BCUT2D eigenvalue weighted by Crippen LogP contribution is 2.22. The third-order valence-corrected chi connectivity index (χ3v) is 1.78. The average molecular weight is 263 g/mol. The van der Waals surface area contributed by atoms with Crippen molar-refractivity contribution in [1.82, 2.24) is 0 Å².